The fourth-order valence-corrected chi connectivity index (χ4v) is 3.35. The van der Waals surface area contributed by atoms with Crippen molar-refractivity contribution in [3.63, 3.8) is 0 Å². The van der Waals surface area contributed by atoms with Gasteiger partial charge in [-0.1, -0.05) is 0 Å². The maximum atomic E-state index is 10.1. The Morgan fingerprint density at radius 2 is 2.07 bits per heavy atom. The molecule has 1 aromatic carbocycles. The predicted octanol–water partition coefficient (Wildman–Crippen LogP) is 1.60. The molecule has 2 aromatic rings. The van der Waals surface area contributed by atoms with Crippen molar-refractivity contribution in [3.8, 4) is 5.75 Å². The predicted molar refractivity (Wildman–Crippen MR) is 106 cm³/mol. The molecule has 4 rings (SSSR count). The maximum Gasteiger partial charge on any atom is 0.132 e. The number of ether oxygens (including phenoxy) is 2. The quantitative estimate of drug-likeness (QED) is 0.512. The summed E-state index contributed by atoms with van der Waals surface area (Å²) < 4.78 is 11.3. The van der Waals surface area contributed by atoms with E-state index >= 15 is 0 Å². The van der Waals surface area contributed by atoms with E-state index in [-0.39, 0.29) is 17.4 Å². The molecule has 148 valence electrons. The van der Waals surface area contributed by atoms with Crippen LogP contribution in [0.2, 0.25) is 0 Å². The number of aliphatic hydroxyl groups excluding tert-OH is 1. The van der Waals surface area contributed by atoms with Gasteiger partial charge in [0.05, 0.1) is 17.5 Å². The molecule has 0 unspecified atom stereocenters. The molecule has 0 amide bonds. The zero-order chi connectivity index (χ0) is 19.9. The molecule has 1 aromatic heterocycles. The van der Waals surface area contributed by atoms with Crippen LogP contribution in [0.4, 0.5) is 11.5 Å². The molecule has 28 heavy (non-hydrogen) atoms. The van der Waals surface area contributed by atoms with Gasteiger partial charge in [-0.25, -0.2) is 9.97 Å². The van der Waals surface area contributed by atoms with Crippen molar-refractivity contribution >= 4 is 17.2 Å². The standard InChI is InChI=1S/C20H25N5O3/c1-20(5-6-20)28-12-3-4-14(21)13(7-12)19(22)15-8-18(24-11-23-15)25-9-16(26)17(10-25)27-2/h3-4,7-8,11,16-17,22,26H,5-6,9-10,21H2,1-2H3/t16-,17-/m0/s1. The number of nitrogen functional groups attached to an aromatic ring is 1. The van der Waals surface area contributed by atoms with Crippen LogP contribution in [0.3, 0.4) is 0 Å². The van der Waals surface area contributed by atoms with Crippen molar-refractivity contribution in [3.05, 3.63) is 41.9 Å². The van der Waals surface area contributed by atoms with Crippen molar-refractivity contribution in [1.29, 1.82) is 5.41 Å². The Labute approximate surface area is 163 Å². The second kappa shape index (κ2) is 7.03. The number of benzene rings is 1. The van der Waals surface area contributed by atoms with Gasteiger partial charge >= 0.3 is 0 Å². The zero-order valence-corrected chi connectivity index (χ0v) is 16.1. The summed E-state index contributed by atoms with van der Waals surface area (Å²) in [4.78, 5) is 10.5. The lowest BCUT2D eigenvalue weighted by Crippen LogP contribution is -2.25. The van der Waals surface area contributed by atoms with Crippen molar-refractivity contribution in [2.75, 3.05) is 30.8 Å². The number of hydrogen-bond donors (Lipinski definition) is 3. The van der Waals surface area contributed by atoms with E-state index in [0.29, 0.717) is 41.6 Å². The van der Waals surface area contributed by atoms with Crippen molar-refractivity contribution in [1.82, 2.24) is 9.97 Å². The van der Waals surface area contributed by atoms with Crippen LogP contribution in [0.15, 0.2) is 30.6 Å². The highest BCUT2D eigenvalue weighted by Crippen LogP contribution is 2.40. The van der Waals surface area contributed by atoms with Gasteiger partial charge < -0.3 is 25.2 Å². The van der Waals surface area contributed by atoms with Crippen LogP contribution in [-0.4, -0.2) is 58.8 Å². The van der Waals surface area contributed by atoms with E-state index in [2.05, 4.69) is 16.9 Å². The molecule has 4 N–H and O–H groups in total. The number of methoxy groups -OCH3 is 1. The number of anilines is 2. The summed E-state index contributed by atoms with van der Waals surface area (Å²) in [6.07, 6.45) is 2.66. The molecule has 2 heterocycles. The van der Waals surface area contributed by atoms with E-state index in [1.165, 1.54) is 6.33 Å². The summed E-state index contributed by atoms with van der Waals surface area (Å²) >= 11 is 0. The van der Waals surface area contributed by atoms with E-state index in [4.69, 9.17) is 20.6 Å². The summed E-state index contributed by atoms with van der Waals surface area (Å²) in [5, 5.41) is 18.7. The first-order valence-corrected chi connectivity index (χ1v) is 9.34. The Bertz CT molecular complexity index is 899. The zero-order valence-electron chi connectivity index (χ0n) is 16.1. The number of β-amino-alcohol motifs (C(OH)–C–C–N with tert-alkyl or cyclic N) is 1. The average molecular weight is 383 g/mol. The first kappa shape index (κ1) is 18.6. The Kier molecular flexibility index (Phi) is 4.68. The van der Waals surface area contributed by atoms with Crippen LogP contribution in [0.1, 0.15) is 31.0 Å². The molecule has 0 radical (unpaired) electrons. The minimum absolute atomic E-state index is 0.105. The Balaban J connectivity index is 1.58. The van der Waals surface area contributed by atoms with E-state index < -0.39 is 6.10 Å². The molecule has 1 saturated heterocycles. The first-order chi connectivity index (χ1) is 13.4. The van der Waals surface area contributed by atoms with E-state index in [1.807, 2.05) is 11.0 Å². The fourth-order valence-electron chi connectivity index (χ4n) is 3.35. The maximum absolute atomic E-state index is 10.1. The van der Waals surface area contributed by atoms with Gasteiger partial charge in [-0.3, -0.25) is 5.41 Å². The summed E-state index contributed by atoms with van der Waals surface area (Å²) in [5.74, 6) is 1.35. The number of nitrogens with one attached hydrogen (secondary N) is 1. The third kappa shape index (κ3) is 3.65. The van der Waals surface area contributed by atoms with Crippen LogP contribution in [0.5, 0.6) is 5.75 Å². The third-order valence-electron chi connectivity index (χ3n) is 5.38. The molecular weight excluding hydrogens is 358 g/mol. The molecule has 0 bridgehead atoms. The van der Waals surface area contributed by atoms with Crippen LogP contribution in [-0.2, 0) is 4.74 Å². The average Bonchev–Trinajstić information content (AvgIpc) is 3.29. The smallest absolute Gasteiger partial charge is 0.132 e. The topological polar surface area (TPSA) is 118 Å². The van der Waals surface area contributed by atoms with Gasteiger partial charge in [0.2, 0.25) is 0 Å². The van der Waals surface area contributed by atoms with Gasteiger partial charge in [0.15, 0.2) is 0 Å². The number of rotatable bonds is 6. The molecule has 2 atom stereocenters. The van der Waals surface area contributed by atoms with Gasteiger partial charge in [0.1, 0.15) is 29.6 Å². The lowest BCUT2D eigenvalue weighted by atomic mass is 10.0. The van der Waals surface area contributed by atoms with E-state index in [0.717, 1.165) is 12.8 Å². The summed E-state index contributed by atoms with van der Waals surface area (Å²) in [7, 11) is 1.58. The highest BCUT2D eigenvalue weighted by atomic mass is 16.5. The van der Waals surface area contributed by atoms with E-state index in [1.54, 1.807) is 25.3 Å². The lowest BCUT2D eigenvalue weighted by molar-refractivity contribution is 0.0217. The molecule has 1 aliphatic heterocycles. The normalized spacial score (nSPS) is 22.9. The molecule has 8 heteroatoms. The molecule has 0 spiro atoms. The van der Waals surface area contributed by atoms with Gasteiger partial charge in [-0.05, 0) is 38.0 Å². The molecule has 8 nitrogen and oxygen atoms in total. The molecule has 1 saturated carbocycles. The summed E-state index contributed by atoms with van der Waals surface area (Å²) in [5.41, 5.74) is 7.75. The molecule has 2 aliphatic rings. The number of aromatic nitrogens is 2. The van der Waals surface area contributed by atoms with Crippen molar-refractivity contribution in [2.45, 2.75) is 37.6 Å². The Morgan fingerprint density at radius 1 is 1.29 bits per heavy atom. The van der Waals surface area contributed by atoms with Crippen molar-refractivity contribution in [2.24, 2.45) is 0 Å². The minimum atomic E-state index is -0.573. The van der Waals surface area contributed by atoms with Crippen LogP contribution in [0.25, 0.3) is 0 Å². The fraction of sp³-hybridized carbons (Fsp3) is 0.450. The molecule has 1 aliphatic carbocycles. The second-order valence-corrected chi connectivity index (χ2v) is 7.68. The first-order valence-electron chi connectivity index (χ1n) is 9.34. The highest BCUT2D eigenvalue weighted by molar-refractivity contribution is 6.13. The van der Waals surface area contributed by atoms with Gasteiger partial charge in [-0.15, -0.1) is 0 Å². The van der Waals surface area contributed by atoms with Gasteiger partial charge in [0.25, 0.3) is 0 Å². The van der Waals surface area contributed by atoms with E-state index in [9.17, 15) is 5.11 Å². The molecular formula is C20H25N5O3. The highest BCUT2D eigenvalue weighted by Gasteiger charge is 2.40. The third-order valence-corrected chi connectivity index (χ3v) is 5.38. The molecule has 2 fully saturated rings. The Hall–Kier alpha value is -2.71. The minimum Gasteiger partial charge on any atom is -0.488 e. The Morgan fingerprint density at radius 3 is 2.75 bits per heavy atom. The van der Waals surface area contributed by atoms with Gasteiger partial charge in [-0.2, -0.15) is 0 Å². The van der Waals surface area contributed by atoms with Crippen molar-refractivity contribution < 1.29 is 14.6 Å². The number of nitrogens with zero attached hydrogens (tertiary/aromatic N) is 3. The SMILES string of the molecule is CO[C@H]1CN(c2cc(C(=N)c3cc(OC4(C)CC4)ccc3N)ncn2)C[C@@H]1O. The lowest BCUT2D eigenvalue weighted by Gasteiger charge is -2.18. The van der Waals surface area contributed by atoms with Crippen LogP contribution in [0, 0.1) is 5.41 Å². The number of hydrogen-bond acceptors (Lipinski definition) is 8. The largest absolute Gasteiger partial charge is 0.488 e. The monoisotopic (exact) mass is 383 g/mol. The van der Waals surface area contributed by atoms with Crippen LogP contribution >= 0.6 is 0 Å². The summed E-state index contributed by atoms with van der Waals surface area (Å²) in [6.45, 7) is 3.03. The number of aliphatic hydroxyl groups is 1. The summed E-state index contributed by atoms with van der Waals surface area (Å²) in [6, 6.07) is 7.12. The van der Waals surface area contributed by atoms with Crippen LogP contribution < -0.4 is 15.4 Å². The second-order valence-electron chi connectivity index (χ2n) is 7.68. The van der Waals surface area contributed by atoms with Gasteiger partial charge in [0, 0.05) is 37.5 Å². The number of nitrogens with two attached hydrogens (primary N) is 1.